The summed E-state index contributed by atoms with van der Waals surface area (Å²) in [5.41, 5.74) is -0.764. The molecule has 20 heavy (non-hydrogen) atoms. The smallest absolute Gasteiger partial charge is 0.311 e. The molecule has 1 saturated carbocycles. The molecule has 2 fully saturated rings. The van der Waals surface area contributed by atoms with Crippen LogP contribution in [0.25, 0.3) is 0 Å². The molecule has 0 bridgehead atoms. The second-order valence-corrected chi connectivity index (χ2v) is 5.82. The number of ether oxygens (including phenoxy) is 1. The lowest BCUT2D eigenvalue weighted by Crippen LogP contribution is -2.46. The highest BCUT2D eigenvalue weighted by Gasteiger charge is 2.39. The Morgan fingerprint density at radius 3 is 2.65 bits per heavy atom. The van der Waals surface area contributed by atoms with E-state index in [-0.39, 0.29) is 18.6 Å². The lowest BCUT2D eigenvalue weighted by Gasteiger charge is -2.33. The molecule has 1 saturated heterocycles. The van der Waals surface area contributed by atoms with E-state index in [9.17, 15) is 14.7 Å². The van der Waals surface area contributed by atoms with Crippen molar-refractivity contribution in [2.24, 2.45) is 5.41 Å². The van der Waals surface area contributed by atoms with Gasteiger partial charge in [0.15, 0.2) is 0 Å². The first-order chi connectivity index (χ1) is 9.62. The van der Waals surface area contributed by atoms with E-state index in [1.54, 1.807) is 0 Å². The second-order valence-electron chi connectivity index (χ2n) is 5.82. The molecule has 1 amide bonds. The molecule has 6 heteroatoms. The van der Waals surface area contributed by atoms with Crippen molar-refractivity contribution >= 4 is 11.9 Å². The van der Waals surface area contributed by atoms with Gasteiger partial charge in [-0.2, -0.15) is 0 Å². The predicted molar refractivity (Wildman–Crippen MR) is 73.4 cm³/mol. The van der Waals surface area contributed by atoms with Crippen molar-refractivity contribution in [1.82, 2.24) is 10.6 Å². The Bertz CT molecular complexity index is 347. The van der Waals surface area contributed by atoms with E-state index < -0.39 is 11.4 Å². The van der Waals surface area contributed by atoms with Crippen molar-refractivity contribution in [1.29, 1.82) is 0 Å². The van der Waals surface area contributed by atoms with Crippen LogP contribution in [-0.4, -0.2) is 49.3 Å². The minimum Gasteiger partial charge on any atom is -0.481 e. The Morgan fingerprint density at radius 1 is 1.30 bits per heavy atom. The number of carbonyl (C=O) groups is 2. The van der Waals surface area contributed by atoms with Gasteiger partial charge in [-0.1, -0.05) is 19.3 Å². The van der Waals surface area contributed by atoms with Crippen LogP contribution in [0.4, 0.5) is 0 Å². The summed E-state index contributed by atoms with van der Waals surface area (Å²) in [7, 11) is 0. The second kappa shape index (κ2) is 7.04. The van der Waals surface area contributed by atoms with Crippen LogP contribution in [0.2, 0.25) is 0 Å². The lowest BCUT2D eigenvalue weighted by atomic mass is 9.74. The first-order valence-corrected chi connectivity index (χ1v) is 7.45. The van der Waals surface area contributed by atoms with Crippen LogP contribution in [-0.2, 0) is 14.3 Å². The van der Waals surface area contributed by atoms with E-state index in [2.05, 4.69) is 10.6 Å². The highest BCUT2D eigenvalue weighted by molar-refractivity contribution is 5.79. The van der Waals surface area contributed by atoms with Gasteiger partial charge in [-0.3, -0.25) is 9.59 Å². The zero-order valence-corrected chi connectivity index (χ0v) is 11.8. The number of amides is 1. The van der Waals surface area contributed by atoms with Crippen LogP contribution in [0.1, 0.15) is 38.5 Å². The van der Waals surface area contributed by atoms with Gasteiger partial charge >= 0.3 is 5.97 Å². The van der Waals surface area contributed by atoms with Crippen LogP contribution < -0.4 is 10.6 Å². The van der Waals surface area contributed by atoms with Gasteiger partial charge in [0, 0.05) is 19.6 Å². The van der Waals surface area contributed by atoms with E-state index in [1.807, 2.05) is 0 Å². The summed E-state index contributed by atoms with van der Waals surface area (Å²) in [5, 5.41) is 15.4. The third kappa shape index (κ3) is 3.93. The van der Waals surface area contributed by atoms with Crippen molar-refractivity contribution < 1.29 is 19.4 Å². The summed E-state index contributed by atoms with van der Waals surface area (Å²) in [4.78, 5) is 23.4. The quantitative estimate of drug-likeness (QED) is 0.685. The number of rotatable bonds is 5. The molecule has 114 valence electrons. The number of morpholine rings is 1. The summed E-state index contributed by atoms with van der Waals surface area (Å²) in [5.74, 6) is -0.905. The molecular weight excluding hydrogens is 260 g/mol. The van der Waals surface area contributed by atoms with Crippen LogP contribution in [0, 0.1) is 5.41 Å². The third-order valence-electron chi connectivity index (χ3n) is 4.31. The average molecular weight is 284 g/mol. The first-order valence-electron chi connectivity index (χ1n) is 7.45. The van der Waals surface area contributed by atoms with Gasteiger partial charge < -0.3 is 20.5 Å². The van der Waals surface area contributed by atoms with E-state index >= 15 is 0 Å². The van der Waals surface area contributed by atoms with E-state index in [0.717, 1.165) is 25.8 Å². The van der Waals surface area contributed by atoms with Crippen molar-refractivity contribution in [3.8, 4) is 0 Å². The Morgan fingerprint density at radius 2 is 2.05 bits per heavy atom. The average Bonchev–Trinajstić information content (AvgIpc) is 2.47. The number of nitrogens with one attached hydrogen (secondary N) is 2. The molecule has 0 radical (unpaired) electrons. The number of hydrogen-bond acceptors (Lipinski definition) is 4. The SMILES string of the molecule is O=C(CC1CNCCO1)NCC1(C(=O)O)CCCCC1. The monoisotopic (exact) mass is 284 g/mol. The number of carboxylic acids is 1. The van der Waals surface area contributed by atoms with Gasteiger partial charge in [-0.15, -0.1) is 0 Å². The molecule has 0 aromatic carbocycles. The van der Waals surface area contributed by atoms with Crippen molar-refractivity contribution in [3.63, 3.8) is 0 Å². The molecule has 1 aliphatic heterocycles. The fourth-order valence-corrected chi connectivity index (χ4v) is 2.99. The minimum absolute atomic E-state index is 0.101. The zero-order valence-electron chi connectivity index (χ0n) is 11.8. The topological polar surface area (TPSA) is 87.7 Å². The highest BCUT2D eigenvalue weighted by Crippen LogP contribution is 2.36. The van der Waals surface area contributed by atoms with Crippen molar-refractivity contribution in [2.75, 3.05) is 26.2 Å². The Balaban J connectivity index is 1.79. The standard InChI is InChI=1S/C14H24N2O4/c17-12(8-11-9-15-6-7-20-11)16-10-14(13(18)19)4-2-1-3-5-14/h11,15H,1-10H2,(H,16,17)(H,18,19). The molecule has 0 aromatic rings. The van der Waals surface area contributed by atoms with Gasteiger partial charge in [0.25, 0.3) is 0 Å². The fraction of sp³-hybridized carbons (Fsp3) is 0.857. The van der Waals surface area contributed by atoms with E-state index in [1.165, 1.54) is 0 Å². The Kier molecular flexibility index (Phi) is 5.37. The van der Waals surface area contributed by atoms with Crippen LogP contribution in [0.15, 0.2) is 0 Å². The van der Waals surface area contributed by atoms with Crippen molar-refractivity contribution in [2.45, 2.75) is 44.6 Å². The molecule has 2 rings (SSSR count). The number of aliphatic carboxylic acids is 1. The van der Waals surface area contributed by atoms with Crippen LogP contribution in [0.5, 0.6) is 0 Å². The molecule has 0 aromatic heterocycles. The largest absolute Gasteiger partial charge is 0.481 e. The maximum atomic E-state index is 11.9. The minimum atomic E-state index is -0.784. The third-order valence-corrected chi connectivity index (χ3v) is 4.31. The van der Waals surface area contributed by atoms with Gasteiger partial charge in [0.2, 0.25) is 5.91 Å². The Hall–Kier alpha value is -1.14. The molecule has 2 aliphatic rings. The van der Waals surface area contributed by atoms with Gasteiger partial charge in [0.1, 0.15) is 0 Å². The van der Waals surface area contributed by atoms with Gasteiger partial charge in [-0.05, 0) is 12.8 Å². The normalized spacial score (nSPS) is 25.9. The summed E-state index contributed by atoms with van der Waals surface area (Å²) >= 11 is 0. The van der Waals surface area contributed by atoms with Gasteiger partial charge in [-0.25, -0.2) is 0 Å². The maximum absolute atomic E-state index is 11.9. The number of carboxylic acid groups (broad SMARTS) is 1. The van der Waals surface area contributed by atoms with Crippen molar-refractivity contribution in [3.05, 3.63) is 0 Å². The van der Waals surface area contributed by atoms with Crippen LogP contribution in [0.3, 0.4) is 0 Å². The molecule has 3 N–H and O–H groups in total. The molecule has 1 heterocycles. The summed E-state index contributed by atoms with van der Waals surface area (Å²) in [6.45, 7) is 2.36. The fourth-order valence-electron chi connectivity index (χ4n) is 2.99. The molecule has 1 unspecified atom stereocenters. The summed E-state index contributed by atoms with van der Waals surface area (Å²) in [6.07, 6.45) is 4.45. The van der Waals surface area contributed by atoms with Crippen LogP contribution >= 0.6 is 0 Å². The predicted octanol–water partition coefficient (Wildman–Crippen LogP) is 0.516. The summed E-state index contributed by atoms with van der Waals surface area (Å²) in [6, 6.07) is 0. The highest BCUT2D eigenvalue weighted by atomic mass is 16.5. The first kappa shape index (κ1) is 15.3. The maximum Gasteiger partial charge on any atom is 0.311 e. The van der Waals surface area contributed by atoms with Gasteiger partial charge in [0.05, 0.1) is 24.5 Å². The molecule has 6 nitrogen and oxygen atoms in total. The lowest BCUT2D eigenvalue weighted by molar-refractivity contribution is -0.151. The number of carbonyl (C=O) groups excluding carboxylic acids is 1. The Labute approximate surface area is 119 Å². The molecular formula is C14H24N2O4. The summed E-state index contributed by atoms with van der Waals surface area (Å²) < 4.78 is 5.47. The molecule has 1 atom stereocenters. The molecule has 0 spiro atoms. The van der Waals surface area contributed by atoms with E-state index in [4.69, 9.17) is 4.74 Å². The zero-order chi connectivity index (χ0) is 14.4. The number of hydrogen-bond donors (Lipinski definition) is 3. The molecule has 1 aliphatic carbocycles. The van der Waals surface area contributed by atoms with E-state index in [0.29, 0.717) is 32.4 Å².